The second-order valence-electron chi connectivity index (χ2n) is 5.15. The topological polar surface area (TPSA) is 58.4 Å². The molecule has 4 nitrogen and oxygen atoms in total. The van der Waals surface area contributed by atoms with Crippen molar-refractivity contribution < 1.29 is 4.79 Å². The van der Waals surface area contributed by atoms with Crippen LogP contribution in [-0.4, -0.2) is 42.0 Å². The Morgan fingerprint density at radius 3 is 2.53 bits per heavy atom. The van der Waals surface area contributed by atoms with E-state index in [1.54, 1.807) is 0 Å². The standard InChI is InChI=1S/C12H23N3OS/c1-9(2)7-14-11(16)8-15-5-3-10(4-6-15)12(13)17/h9-10H,3-8H2,1-2H3,(H2,13,17)(H,14,16). The molecule has 1 rings (SSSR count). The molecule has 0 aromatic heterocycles. The van der Waals surface area contributed by atoms with Gasteiger partial charge < -0.3 is 11.1 Å². The lowest BCUT2D eigenvalue weighted by atomic mass is 9.97. The van der Waals surface area contributed by atoms with Crippen LogP contribution in [0.5, 0.6) is 0 Å². The Morgan fingerprint density at radius 2 is 2.06 bits per heavy atom. The summed E-state index contributed by atoms with van der Waals surface area (Å²) in [5, 5.41) is 2.93. The summed E-state index contributed by atoms with van der Waals surface area (Å²) in [7, 11) is 0. The van der Waals surface area contributed by atoms with Crippen LogP contribution in [0.25, 0.3) is 0 Å². The summed E-state index contributed by atoms with van der Waals surface area (Å²) in [4.78, 5) is 14.4. The van der Waals surface area contributed by atoms with E-state index in [2.05, 4.69) is 24.1 Å². The molecule has 0 aromatic carbocycles. The van der Waals surface area contributed by atoms with Gasteiger partial charge in [0.15, 0.2) is 0 Å². The summed E-state index contributed by atoms with van der Waals surface area (Å²) >= 11 is 4.99. The van der Waals surface area contributed by atoms with E-state index in [1.165, 1.54) is 0 Å². The fourth-order valence-electron chi connectivity index (χ4n) is 1.95. The molecule has 98 valence electrons. The number of piperidine rings is 1. The van der Waals surface area contributed by atoms with Gasteiger partial charge >= 0.3 is 0 Å². The second-order valence-corrected chi connectivity index (χ2v) is 5.62. The van der Waals surface area contributed by atoms with E-state index in [4.69, 9.17) is 18.0 Å². The van der Waals surface area contributed by atoms with Gasteiger partial charge in [0, 0.05) is 12.5 Å². The Balaban J connectivity index is 2.21. The number of nitrogens with zero attached hydrogens (tertiary/aromatic N) is 1. The maximum atomic E-state index is 11.6. The number of thiocarbonyl (C=S) groups is 1. The molecule has 0 aliphatic carbocycles. The minimum absolute atomic E-state index is 0.118. The van der Waals surface area contributed by atoms with Crippen molar-refractivity contribution in [1.82, 2.24) is 10.2 Å². The fourth-order valence-corrected chi connectivity index (χ4v) is 2.19. The zero-order valence-electron chi connectivity index (χ0n) is 10.7. The van der Waals surface area contributed by atoms with Crippen LogP contribution in [0.3, 0.4) is 0 Å². The van der Waals surface area contributed by atoms with Crippen molar-refractivity contribution in [1.29, 1.82) is 0 Å². The molecule has 0 unspecified atom stereocenters. The first kappa shape index (κ1) is 14.4. The largest absolute Gasteiger partial charge is 0.393 e. The molecule has 5 heteroatoms. The van der Waals surface area contributed by atoms with Gasteiger partial charge in [-0.05, 0) is 31.8 Å². The molecule has 17 heavy (non-hydrogen) atoms. The van der Waals surface area contributed by atoms with Gasteiger partial charge in [-0.25, -0.2) is 0 Å². The highest BCUT2D eigenvalue weighted by Gasteiger charge is 2.22. The van der Waals surface area contributed by atoms with Crippen molar-refractivity contribution in [3.05, 3.63) is 0 Å². The maximum Gasteiger partial charge on any atom is 0.234 e. The Labute approximate surface area is 109 Å². The molecule has 1 fully saturated rings. The summed E-state index contributed by atoms with van der Waals surface area (Å²) in [6.45, 7) is 7.26. The number of nitrogens with two attached hydrogens (primary N) is 1. The molecule has 1 amide bonds. The number of likely N-dealkylation sites (tertiary alicyclic amines) is 1. The molecule has 1 aliphatic rings. The van der Waals surface area contributed by atoms with Crippen LogP contribution in [0, 0.1) is 11.8 Å². The molecular formula is C12H23N3OS. The average molecular weight is 257 g/mol. The lowest BCUT2D eigenvalue weighted by molar-refractivity contribution is -0.122. The van der Waals surface area contributed by atoms with E-state index in [1.807, 2.05) is 0 Å². The van der Waals surface area contributed by atoms with Gasteiger partial charge in [0.1, 0.15) is 0 Å². The van der Waals surface area contributed by atoms with Gasteiger partial charge in [0.25, 0.3) is 0 Å². The predicted octanol–water partition coefficient (Wildman–Crippen LogP) is 0.757. The van der Waals surface area contributed by atoms with E-state index >= 15 is 0 Å². The van der Waals surface area contributed by atoms with Crippen LogP contribution in [0.1, 0.15) is 26.7 Å². The van der Waals surface area contributed by atoms with Crippen LogP contribution in [-0.2, 0) is 4.79 Å². The highest BCUT2D eigenvalue weighted by molar-refractivity contribution is 7.80. The van der Waals surface area contributed by atoms with E-state index in [9.17, 15) is 4.79 Å². The summed E-state index contributed by atoms with van der Waals surface area (Å²) in [5.74, 6) is 0.978. The molecule has 0 atom stereocenters. The van der Waals surface area contributed by atoms with Crippen molar-refractivity contribution in [2.45, 2.75) is 26.7 Å². The lowest BCUT2D eigenvalue weighted by Crippen LogP contribution is -2.43. The monoisotopic (exact) mass is 257 g/mol. The maximum absolute atomic E-state index is 11.6. The Hall–Kier alpha value is -0.680. The zero-order chi connectivity index (χ0) is 12.8. The quantitative estimate of drug-likeness (QED) is 0.714. The third kappa shape index (κ3) is 5.46. The second kappa shape index (κ2) is 6.91. The third-order valence-electron chi connectivity index (χ3n) is 3.06. The highest BCUT2D eigenvalue weighted by atomic mass is 32.1. The summed E-state index contributed by atoms with van der Waals surface area (Å²) in [5.41, 5.74) is 5.63. The van der Waals surface area contributed by atoms with Gasteiger partial charge in [0.05, 0.1) is 11.5 Å². The Kier molecular flexibility index (Phi) is 5.85. The smallest absolute Gasteiger partial charge is 0.234 e. The molecule has 0 radical (unpaired) electrons. The zero-order valence-corrected chi connectivity index (χ0v) is 11.6. The van der Waals surface area contributed by atoms with Crippen molar-refractivity contribution in [3.63, 3.8) is 0 Å². The molecule has 1 saturated heterocycles. The first-order valence-electron chi connectivity index (χ1n) is 6.27. The van der Waals surface area contributed by atoms with E-state index in [-0.39, 0.29) is 5.91 Å². The van der Waals surface area contributed by atoms with Crippen LogP contribution in [0.4, 0.5) is 0 Å². The normalized spacial score (nSPS) is 18.3. The van der Waals surface area contributed by atoms with Crippen LogP contribution in [0.2, 0.25) is 0 Å². The predicted molar refractivity (Wildman–Crippen MR) is 73.8 cm³/mol. The lowest BCUT2D eigenvalue weighted by Gasteiger charge is -2.30. The molecule has 1 aliphatic heterocycles. The van der Waals surface area contributed by atoms with E-state index < -0.39 is 0 Å². The van der Waals surface area contributed by atoms with Crippen molar-refractivity contribution in [3.8, 4) is 0 Å². The molecule has 0 aromatic rings. The molecule has 0 spiro atoms. The number of hydrogen-bond acceptors (Lipinski definition) is 3. The van der Waals surface area contributed by atoms with Crippen molar-refractivity contribution >= 4 is 23.1 Å². The Morgan fingerprint density at radius 1 is 1.47 bits per heavy atom. The fraction of sp³-hybridized carbons (Fsp3) is 0.833. The number of carbonyl (C=O) groups excluding carboxylic acids is 1. The van der Waals surface area contributed by atoms with Crippen molar-refractivity contribution in [2.75, 3.05) is 26.2 Å². The summed E-state index contributed by atoms with van der Waals surface area (Å²) in [6.07, 6.45) is 1.96. The Bertz CT molecular complexity index is 273. The van der Waals surface area contributed by atoms with Crippen molar-refractivity contribution in [2.24, 2.45) is 17.6 Å². The van der Waals surface area contributed by atoms with Gasteiger partial charge in [-0.15, -0.1) is 0 Å². The first-order valence-corrected chi connectivity index (χ1v) is 6.68. The third-order valence-corrected chi connectivity index (χ3v) is 3.40. The van der Waals surface area contributed by atoms with E-state index in [0.717, 1.165) is 32.5 Å². The number of hydrogen-bond donors (Lipinski definition) is 2. The highest BCUT2D eigenvalue weighted by Crippen LogP contribution is 2.16. The van der Waals surface area contributed by atoms with Crippen LogP contribution < -0.4 is 11.1 Å². The van der Waals surface area contributed by atoms with E-state index in [0.29, 0.717) is 23.4 Å². The van der Waals surface area contributed by atoms with Crippen LogP contribution in [0.15, 0.2) is 0 Å². The van der Waals surface area contributed by atoms with Gasteiger partial charge in [-0.3, -0.25) is 9.69 Å². The number of nitrogens with one attached hydrogen (secondary N) is 1. The molecule has 0 saturated carbocycles. The average Bonchev–Trinajstić information content (AvgIpc) is 2.27. The number of amides is 1. The van der Waals surface area contributed by atoms with Gasteiger partial charge in [0.2, 0.25) is 5.91 Å². The van der Waals surface area contributed by atoms with Crippen LogP contribution >= 0.6 is 12.2 Å². The molecule has 3 N–H and O–H groups in total. The number of rotatable bonds is 5. The SMILES string of the molecule is CC(C)CNC(=O)CN1CCC(C(N)=S)CC1. The van der Waals surface area contributed by atoms with Gasteiger partial charge in [-0.1, -0.05) is 26.1 Å². The molecular weight excluding hydrogens is 234 g/mol. The minimum Gasteiger partial charge on any atom is -0.393 e. The number of carbonyl (C=O) groups is 1. The first-order chi connectivity index (χ1) is 7.99. The summed E-state index contributed by atoms with van der Waals surface area (Å²) < 4.78 is 0. The van der Waals surface area contributed by atoms with Gasteiger partial charge in [-0.2, -0.15) is 0 Å². The molecule has 1 heterocycles. The minimum atomic E-state index is 0.118. The molecule has 0 bridgehead atoms. The summed E-state index contributed by atoms with van der Waals surface area (Å²) in [6, 6.07) is 0.